The van der Waals surface area contributed by atoms with E-state index in [1.165, 1.54) is 4.88 Å². The van der Waals surface area contributed by atoms with Crippen LogP contribution in [0.1, 0.15) is 4.88 Å². The van der Waals surface area contributed by atoms with Gasteiger partial charge < -0.3 is 10.6 Å². The van der Waals surface area contributed by atoms with Crippen molar-refractivity contribution in [2.75, 3.05) is 26.7 Å². The number of nitrogens with two attached hydrogens (primary N) is 1. The van der Waals surface area contributed by atoms with E-state index >= 15 is 0 Å². The molecule has 1 saturated heterocycles. The molecule has 2 N–H and O–H groups in total. The van der Waals surface area contributed by atoms with Crippen LogP contribution in [0.25, 0.3) is 0 Å². The maximum absolute atomic E-state index is 5.80. The van der Waals surface area contributed by atoms with Crippen molar-refractivity contribution in [3.8, 4) is 0 Å². The van der Waals surface area contributed by atoms with Gasteiger partial charge in [0.1, 0.15) is 0 Å². The summed E-state index contributed by atoms with van der Waals surface area (Å²) in [6, 6.07) is 4.31. The summed E-state index contributed by atoms with van der Waals surface area (Å²) in [5.41, 5.74) is 6.08. The Labute approximate surface area is 77.0 Å². The molecule has 0 saturated carbocycles. The Hall–Kier alpha value is -0.380. The quantitative estimate of drug-likeness (QED) is 0.736. The zero-order valence-electron chi connectivity index (χ0n) is 7.29. The first-order valence-electron chi connectivity index (χ1n) is 4.19. The van der Waals surface area contributed by atoms with E-state index in [0.717, 1.165) is 19.6 Å². The van der Waals surface area contributed by atoms with E-state index in [1.54, 1.807) is 0 Å². The minimum absolute atomic E-state index is 0.281. The van der Waals surface area contributed by atoms with E-state index in [1.807, 2.05) is 11.3 Å². The third-order valence-corrected chi connectivity index (χ3v) is 3.70. The molecule has 1 aromatic heterocycles. The lowest BCUT2D eigenvalue weighted by Gasteiger charge is -2.47. The van der Waals surface area contributed by atoms with Gasteiger partial charge in [0, 0.05) is 29.9 Å². The van der Waals surface area contributed by atoms with Crippen LogP contribution in [-0.4, -0.2) is 31.6 Å². The van der Waals surface area contributed by atoms with Gasteiger partial charge in [0.15, 0.2) is 0 Å². The maximum Gasteiger partial charge on any atom is 0.0423 e. The van der Waals surface area contributed by atoms with Crippen molar-refractivity contribution >= 4 is 11.3 Å². The molecule has 0 unspecified atom stereocenters. The highest BCUT2D eigenvalue weighted by Crippen LogP contribution is 2.35. The predicted octanol–water partition coefficient (Wildman–Crippen LogP) is 0.890. The Balaban J connectivity index is 2.20. The normalized spacial score (nSPS) is 22.2. The molecular formula is C9H14N2S. The molecule has 1 fully saturated rings. The van der Waals surface area contributed by atoms with Crippen LogP contribution >= 0.6 is 11.3 Å². The fraction of sp³-hybridized carbons (Fsp3) is 0.556. The summed E-state index contributed by atoms with van der Waals surface area (Å²) < 4.78 is 0. The molecule has 1 aliphatic heterocycles. The van der Waals surface area contributed by atoms with Crippen molar-refractivity contribution in [2.45, 2.75) is 5.41 Å². The van der Waals surface area contributed by atoms with Gasteiger partial charge in [-0.25, -0.2) is 0 Å². The Bertz CT molecular complexity index is 250. The van der Waals surface area contributed by atoms with E-state index in [9.17, 15) is 0 Å². The first-order valence-corrected chi connectivity index (χ1v) is 5.07. The first kappa shape index (κ1) is 8.23. The molecule has 0 atom stereocenters. The fourth-order valence-electron chi connectivity index (χ4n) is 1.95. The standard InChI is InChI=1S/C9H14N2S/c1-11-6-9(5-10,7-11)8-3-2-4-12-8/h2-4H,5-7,10H2,1H3. The highest BCUT2D eigenvalue weighted by molar-refractivity contribution is 7.10. The highest BCUT2D eigenvalue weighted by Gasteiger charge is 2.41. The van der Waals surface area contributed by atoms with Crippen molar-refractivity contribution in [1.82, 2.24) is 4.90 Å². The van der Waals surface area contributed by atoms with Crippen molar-refractivity contribution in [3.63, 3.8) is 0 Å². The highest BCUT2D eigenvalue weighted by atomic mass is 32.1. The third kappa shape index (κ3) is 1.09. The monoisotopic (exact) mass is 182 g/mol. The van der Waals surface area contributed by atoms with Crippen LogP contribution in [0.3, 0.4) is 0 Å². The molecule has 2 heterocycles. The second-order valence-corrected chi connectivity index (χ2v) is 4.58. The van der Waals surface area contributed by atoms with Crippen molar-refractivity contribution in [2.24, 2.45) is 5.73 Å². The lowest BCUT2D eigenvalue weighted by molar-refractivity contribution is 0.103. The summed E-state index contributed by atoms with van der Waals surface area (Å²) in [5.74, 6) is 0. The molecule has 0 spiro atoms. The smallest absolute Gasteiger partial charge is 0.0423 e. The zero-order valence-corrected chi connectivity index (χ0v) is 8.10. The van der Waals surface area contributed by atoms with Crippen LogP contribution < -0.4 is 5.73 Å². The number of likely N-dealkylation sites (N-methyl/N-ethyl adjacent to an activating group) is 1. The number of hydrogen-bond acceptors (Lipinski definition) is 3. The van der Waals surface area contributed by atoms with Crippen LogP contribution in [0.2, 0.25) is 0 Å². The molecule has 0 aliphatic carbocycles. The summed E-state index contributed by atoms with van der Waals surface area (Å²) >= 11 is 1.83. The van der Waals surface area contributed by atoms with Crippen molar-refractivity contribution in [3.05, 3.63) is 22.4 Å². The van der Waals surface area contributed by atoms with Crippen molar-refractivity contribution in [1.29, 1.82) is 0 Å². The van der Waals surface area contributed by atoms with E-state index in [0.29, 0.717) is 0 Å². The van der Waals surface area contributed by atoms with E-state index < -0.39 is 0 Å². The summed E-state index contributed by atoms with van der Waals surface area (Å²) in [6.45, 7) is 3.01. The topological polar surface area (TPSA) is 29.3 Å². The zero-order chi connectivity index (χ0) is 8.60. The van der Waals surface area contributed by atoms with Gasteiger partial charge >= 0.3 is 0 Å². The molecule has 0 bridgehead atoms. The average Bonchev–Trinajstić information content (AvgIpc) is 2.50. The largest absolute Gasteiger partial charge is 0.329 e. The Morgan fingerprint density at radius 1 is 1.67 bits per heavy atom. The molecular weight excluding hydrogens is 168 g/mol. The summed E-state index contributed by atoms with van der Waals surface area (Å²) in [5, 5.41) is 2.13. The average molecular weight is 182 g/mol. The lowest BCUT2D eigenvalue weighted by Crippen LogP contribution is -2.60. The van der Waals surface area contributed by atoms with E-state index in [-0.39, 0.29) is 5.41 Å². The molecule has 3 heteroatoms. The molecule has 1 aliphatic rings. The van der Waals surface area contributed by atoms with Gasteiger partial charge in [0.05, 0.1) is 0 Å². The van der Waals surface area contributed by atoms with Crippen LogP contribution in [0.4, 0.5) is 0 Å². The van der Waals surface area contributed by atoms with Gasteiger partial charge in [0.2, 0.25) is 0 Å². The van der Waals surface area contributed by atoms with E-state index in [4.69, 9.17) is 5.73 Å². The number of likely N-dealkylation sites (tertiary alicyclic amines) is 1. The molecule has 2 nitrogen and oxygen atoms in total. The second kappa shape index (κ2) is 2.83. The number of rotatable bonds is 2. The third-order valence-electron chi connectivity index (χ3n) is 2.58. The van der Waals surface area contributed by atoms with Crippen LogP contribution in [-0.2, 0) is 5.41 Å². The maximum atomic E-state index is 5.80. The summed E-state index contributed by atoms with van der Waals surface area (Å²) in [7, 11) is 2.14. The Morgan fingerprint density at radius 3 is 2.83 bits per heavy atom. The lowest BCUT2D eigenvalue weighted by atomic mass is 9.79. The van der Waals surface area contributed by atoms with Gasteiger partial charge in [-0.3, -0.25) is 0 Å². The van der Waals surface area contributed by atoms with Crippen LogP contribution in [0.15, 0.2) is 17.5 Å². The van der Waals surface area contributed by atoms with Gasteiger partial charge in [-0.2, -0.15) is 0 Å². The molecule has 2 rings (SSSR count). The molecule has 0 radical (unpaired) electrons. The second-order valence-electron chi connectivity index (χ2n) is 3.63. The van der Waals surface area contributed by atoms with Crippen molar-refractivity contribution < 1.29 is 0 Å². The fourth-order valence-corrected chi connectivity index (χ4v) is 2.88. The molecule has 0 amide bonds. The van der Waals surface area contributed by atoms with E-state index in [2.05, 4.69) is 29.5 Å². The number of hydrogen-bond donors (Lipinski definition) is 1. The Morgan fingerprint density at radius 2 is 2.42 bits per heavy atom. The molecule has 12 heavy (non-hydrogen) atoms. The van der Waals surface area contributed by atoms with Gasteiger partial charge in [-0.05, 0) is 18.5 Å². The van der Waals surface area contributed by atoms with Gasteiger partial charge in [-0.15, -0.1) is 11.3 Å². The Kier molecular flexibility index (Phi) is 1.94. The minimum atomic E-state index is 0.281. The molecule has 0 aromatic carbocycles. The van der Waals surface area contributed by atoms with Gasteiger partial charge in [0.25, 0.3) is 0 Å². The SMILES string of the molecule is CN1CC(CN)(c2cccs2)C1. The van der Waals surface area contributed by atoms with Crippen LogP contribution in [0.5, 0.6) is 0 Å². The van der Waals surface area contributed by atoms with Gasteiger partial charge in [-0.1, -0.05) is 6.07 Å². The summed E-state index contributed by atoms with van der Waals surface area (Å²) in [6.07, 6.45) is 0. The molecule has 66 valence electrons. The number of thiophene rings is 1. The predicted molar refractivity (Wildman–Crippen MR) is 52.5 cm³/mol. The number of nitrogens with zero attached hydrogens (tertiary/aromatic N) is 1. The minimum Gasteiger partial charge on any atom is -0.329 e. The molecule has 1 aromatic rings. The summed E-state index contributed by atoms with van der Waals surface area (Å²) in [4.78, 5) is 3.76. The van der Waals surface area contributed by atoms with Crippen LogP contribution in [0, 0.1) is 0 Å². The first-order chi connectivity index (χ1) is 5.77.